The van der Waals surface area contributed by atoms with Gasteiger partial charge in [0.15, 0.2) is 5.65 Å². The highest BCUT2D eigenvalue weighted by Gasteiger charge is 2.33. The third-order valence-corrected chi connectivity index (χ3v) is 7.74. The molecule has 2 amide bonds. The molecule has 1 aromatic carbocycles. The summed E-state index contributed by atoms with van der Waals surface area (Å²) in [6, 6.07) is 15.3. The average molecular weight is 664 g/mol. The van der Waals surface area contributed by atoms with Gasteiger partial charge in [-0.25, -0.2) is 14.6 Å². The van der Waals surface area contributed by atoms with Crippen molar-refractivity contribution in [3.63, 3.8) is 0 Å². The fraction of sp³-hybridized carbons (Fsp3) is 0.441. The van der Waals surface area contributed by atoms with E-state index in [9.17, 15) is 14.7 Å². The van der Waals surface area contributed by atoms with Crippen LogP contribution < -0.4 is 10.2 Å². The Morgan fingerprint density at radius 1 is 1.06 bits per heavy atom. The molecule has 250 valence electrons. The topological polar surface area (TPSA) is 134 Å². The number of hydrogen-bond acceptors (Lipinski definition) is 9. The number of halogens is 1. The summed E-state index contributed by atoms with van der Waals surface area (Å²) in [6.07, 6.45) is 2.01. The van der Waals surface area contributed by atoms with Crippen LogP contribution in [0, 0.1) is 5.92 Å². The maximum Gasteiger partial charge on any atom is 0.416 e. The van der Waals surface area contributed by atoms with Crippen LogP contribution in [0.25, 0.3) is 16.9 Å². The molecule has 0 bridgehead atoms. The lowest BCUT2D eigenvalue weighted by Gasteiger charge is -2.36. The number of carbonyl (C=O) groups is 2. The van der Waals surface area contributed by atoms with Crippen LogP contribution in [0.5, 0.6) is 0 Å². The number of nitrogens with zero attached hydrogens (tertiary/aromatic N) is 6. The Morgan fingerprint density at radius 2 is 1.79 bits per heavy atom. The third-order valence-electron chi connectivity index (χ3n) is 7.47. The first-order valence-corrected chi connectivity index (χ1v) is 16.0. The number of hydrogen-bond donors (Lipinski definition) is 2. The van der Waals surface area contributed by atoms with E-state index >= 15 is 0 Å². The summed E-state index contributed by atoms with van der Waals surface area (Å²) < 4.78 is 12.8. The molecular weight excluding hydrogens is 622 g/mol. The second-order valence-corrected chi connectivity index (χ2v) is 14.0. The highest BCUT2D eigenvalue weighted by molar-refractivity contribution is 6.33. The lowest BCUT2D eigenvalue weighted by atomic mass is 9.94. The summed E-state index contributed by atoms with van der Waals surface area (Å²) in [5.74, 6) is 0.679. The van der Waals surface area contributed by atoms with E-state index in [1.807, 2.05) is 84.0 Å². The lowest BCUT2D eigenvalue weighted by molar-refractivity contribution is -0.0104. The molecule has 0 spiro atoms. The number of pyridine rings is 1. The molecule has 1 saturated heterocycles. The van der Waals surface area contributed by atoms with Crippen LogP contribution in [0.1, 0.15) is 53.5 Å². The molecule has 2 atom stereocenters. The van der Waals surface area contributed by atoms with Crippen LogP contribution in [0.2, 0.25) is 5.02 Å². The van der Waals surface area contributed by atoms with Crippen LogP contribution >= 0.6 is 11.6 Å². The van der Waals surface area contributed by atoms with Gasteiger partial charge in [-0.05, 0) is 65.7 Å². The number of rotatable bonds is 7. The largest absolute Gasteiger partial charge is 0.444 e. The Labute approximate surface area is 279 Å². The number of aliphatic hydroxyl groups is 1. The van der Waals surface area contributed by atoms with Gasteiger partial charge < -0.3 is 24.8 Å². The molecule has 0 saturated carbocycles. The van der Waals surface area contributed by atoms with Crippen molar-refractivity contribution in [2.45, 2.75) is 71.8 Å². The number of nitrogens with one attached hydrogen (secondary N) is 1. The zero-order valence-electron chi connectivity index (χ0n) is 27.6. The van der Waals surface area contributed by atoms with E-state index in [1.54, 1.807) is 12.3 Å². The number of ether oxygens (including phenoxy) is 2. The van der Waals surface area contributed by atoms with Crippen molar-refractivity contribution in [1.29, 1.82) is 0 Å². The molecule has 0 unspecified atom stereocenters. The van der Waals surface area contributed by atoms with Crippen LogP contribution in [0.15, 0.2) is 60.9 Å². The van der Waals surface area contributed by atoms with Gasteiger partial charge in [-0.1, -0.05) is 41.9 Å². The zero-order valence-corrected chi connectivity index (χ0v) is 28.4. The van der Waals surface area contributed by atoms with E-state index in [1.165, 1.54) is 20.5 Å². The summed E-state index contributed by atoms with van der Waals surface area (Å²) in [4.78, 5) is 38.4. The van der Waals surface area contributed by atoms with Crippen LogP contribution in [-0.4, -0.2) is 78.7 Å². The number of piperidine rings is 1. The number of anilines is 2. The van der Waals surface area contributed by atoms with Gasteiger partial charge in [-0.3, -0.25) is 9.88 Å². The number of likely N-dealkylation sites (tertiary alicyclic amines) is 1. The summed E-state index contributed by atoms with van der Waals surface area (Å²) in [5.41, 5.74) is 1.64. The minimum atomic E-state index is -0.766. The van der Waals surface area contributed by atoms with Crippen molar-refractivity contribution in [2.24, 2.45) is 5.92 Å². The molecule has 0 aliphatic carbocycles. The van der Waals surface area contributed by atoms with Crippen molar-refractivity contribution in [2.75, 3.05) is 29.9 Å². The van der Waals surface area contributed by atoms with Gasteiger partial charge in [-0.2, -0.15) is 9.61 Å². The Balaban J connectivity index is 1.39. The van der Waals surface area contributed by atoms with Gasteiger partial charge in [0.2, 0.25) is 0 Å². The number of β-amino-alcohol motifs (C(OH)–C–C–N with tert-alkyl or cyclic N) is 1. The van der Waals surface area contributed by atoms with E-state index in [2.05, 4.69) is 20.4 Å². The number of benzene rings is 1. The predicted octanol–water partition coefficient (Wildman–Crippen LogP) is 6.42. The number of aromatic nitrogens is 4. The molecule has 12 nitrogen and oxygen atoms in total. The van der Waals surface area contributed by atoms with E-state index in [-0.39, 0.29) is 19.0 Å². The fourth-order valence-electron chi connectivity index (χ4n) is 5.20. The molecule has 1 aliphatic heterocycles. The van der Waals surface area contributed by atoms with E-state index in [0.717, 1.165) is 16.8 Å². The fourth-order valence-corrected chi connectivity index (χ4v) is 5.37. The second-order valence-electron chi connectivity index (χ2n) is 13.6. The van der Waals surface area contributed by atoms with Crippen LogP contribution in [0.4, 0.5) is 21.2 Å². The summed E-state index contributed by atoms with van der Waals surface area (Å²) in [5, 5.41) is 18.9. The Bertz CT molecular complexity index is 1700. The smallest absolute Gasteiger partial charge is 0.416 e. The maximum absolute atomic E-state index is 13.7. The van der Waals surface area contributed by atoms with Gasteiger partial charge in [0.1, 0.15) is 27.9 Å². The van der Waals surface area contributed by atoms with Gasteiger partial charge in [-0.15, -0.1) is 0 Å². The predicted molar refractivity (Wildman–Crippen MR) is 180 cm³/mol. The first-order valence-electron chi connectivity index (χ1n) is 15.6. The average Bonchev–Trinajstić information content (AvgIpc) is 3.38. The molecule has 4 heterocycles. The minimum Gasteiger partial charge on any atom is -0.444 e. The standard InChI is InChI=1S/C34H42ClN7O5/c1-33(2,3)46-31(44)40-16-14-24(27(43)21-40)18-37-28-17-29(42-30(39-28)25(35)19-38-42)41(32(45)47-34(4,5)6)20-22-10-12-23(13-11-22)26-9-7-8-15-36-26/h7-13,15,17,19,24,27,43H,14,16,18,20-21H2,1-6H3,(H,37,39)/t24-,27+/m1/s1. The minimum absolute atomic E-state index is 0.157. The molecule has 3 aromatic heterocycles. The molecule has 5 rings (SSSR count). The van der Waals surface area contributed by atoms with Gasteiger partial charge in [0.25, 0.3) is 0 Å². The highest BCUT2D eigenvalue weighted by Crippen LogP contribution is 2.29. The maximum atomic E-state index is 13.7. The Morgan fingerprint density at radius 3 is 2.43 bits per heavy atom. The Kier molecular flexibility index (Phi) is 9.92. The van der Waals surface area contributed by atoms with Crippen molar-refractivity contribution >= 4 is 41.1 Å². The van der Waals surface area contributed by atoms with Crippen molar-refractivity contribution < 1.29 is 24.2 Å². The zero-order chi connectivity index (χ0) is 33.9. The van der Waals surface area contributed by atoms with Crippen molar-refractivity contribution in [1.82, 2.24) is 24.5 Å². The van der Waals surface area contributed by atoms with Crippen LogP contribution in [-0.2, 0) is 16.0 Å². The Hall–Kier alpha value is -4.42. The molecule has 1 fully saturated rings. The second kappa shape index (κ2) is 13.7. The van der Waals surface area contributed by atoms with E-state index in [4.69, 9.17) is 21.1 Å². The van der Waals surface area contributed by atoms with E-state index < -0.39 is 29.5 Å². The number of aliphatic hydroxyl groups excluding tert-OH is 1. The lowest BCUT2D eigenvalue weighted by Crippen LogP contribution is -2.49. The molecule has 47 heavy (non-hydrogen) atoms. The first kappa shape index (κ1) is 33.9. The van der Waals surface area contributed by atoms with Gasteiger partial charge in [0.05, 0.1) is 31.1 Å². The van der Waals surface area contributed by atoms with Gasteiger partial charge in [0, 0.05) is 36.8 Å². The summed E-state index contributed by atoms with van der Waals surface area (Å²) in [7, 11) is 0. The molecule has 0 radical (unpaired) electrons. The summed E-state index contributed by atoms with van der Waals surface area (Å²) in [6.45, 7) is 12.0. The molecule has 2 N–H and O–H groups in total. The third kappa shape index (κ3) is 8.69. The van der Waals surface area contributed by atoms with Crippen LogP contribution in [0.3, 0.4) is 0 Å². The van der Waals surface area contributed by atoms with Crippen molar-refractivity contribution in [3.8, 4) is 11.3 Å². The van der Waals surface area contributed by atoms with Crippen molar-refractivity contribution in [3.05, 3.63) is 71.5 Å². The summed E-state index contributed by atoms with van der Waals surface area (Å²) >= 11 is 6.50. The molecule has 4 aromatic rings. The van der Waals surface area contributed by atoms with Gasteiger partial charge >= 0.3 is 12.2 Å². The molecular formula is C34H42ClN7O5. The number of amides is 2. The monoisotopic (exact) mass is 663 g/mol. The highest BCUT2D eigenvalue weighted by atomic mass is 35.5. The number of fused-ring (bicyclic) bond motifs is 1. The quantitative estimate of drug-likeness (QED) is 0.230. The molecule has 1 aliphatic rings. The normalized spacial score (nSPS) is 17.0. The first-order chi connectivity index (χ1) is 22.2. The SMILES string of the molecule is CC(C)(C)OC(=O)N1CC[C@H](CNc2cc(N(Cc3ccc(-c4ccccn4)cc3)C(=O)OC(C)(C)C)n3ncc(Cl)c3n2)[C@@H](O)C1. The molecule has 13 heteroatoms. The van der Waals surface area contributed by atoms with E-state index in [0.29, 0.717) is 41.8 Å². The number of carbonyl (C=O) groups excluding carboxylic acids is 2.